The Morgan fingerprint density at radius 2 is 1.24 bits per heavy atom. The van der Waals surface area contributed by atoms with Crippen LogP contribution in [0.2, 0.25) is 0 Å². The molecule has 0 radical (unpaired) electrons. The van der Waals surface area contributed by atoms with Crippen molar-refractivity contribution in [1.29, 1.82) is 0 Å². The van der Waals surface area contributed by atoms with Gasteiger partial charge in [-0.2, -0.15) is 0 Å². The summed E-state index contributed by atoms with van der Waals surface area (Å²) in [7, 11) is 0. The molecule has 0 aromatic carbocycles. The van der Waals surface area contributed by atoms with E-state index >= 15 is 0 Å². The molecule has 0 aromatic rings. The summed E-state index contributed by atoms with van der Waals surface area (Å²) in [6.07, 6.45) is 0. The number of hydrogen-bond acceptors (Lipinski definition) is 2. The van der Waals surface area contributed by atoms with Crippen LogP contribution in [-0.2, 0) is 9.59 Å². The lowest BCUT2D eigenvalue weighted by molar-refractivity contribution is -0.119. The van der Waals surface area contributed by atoms with Crippen molar-refractivity contribution in [3.05, 3.63) is 0 Å². The highest BCUT2D eigenvalue weighted by Crippen LogP contribution is 2.15. The van der Waals surface area contributed by atoms with E-state index in [4.69, 9.17) is 0 Å². The minimum absolute atomic E-state index is 0.136. The van der Waals surface area contributed by atoms with Crippen molar-refractivity contribution in [1.82, 2.24) is 10.6 Å². The monoisotopic (exact) mass is 498 g/mol. The van der Waals surface area contributed by atoms with E-state index < -0.39 is 7.47 Å². The molecule has 0 fully saturated rings. The van der Waals surface area contributed by atoms with E-state index in [-0.39, 0.29) is 17.2 Å². The van der Waals surface area contributed by atoms with Gasteiger partial charge >= 0.3 is 0 Å². The molecule has 17 heavy (non-hydrogen) atoms. The molecular weight excluding hydrogens is 488 g/mol. The van der Waals surface area contributed by atoms with Gasteiger partial charge in [0.2, 0.25) is 11.8 Å². The summed E-state index contributed by atoms with van der Waals surface area (Å²) in [6.45, 7) is 4.88. The maximum absolute atomic E-state index is 11.3. The average Bonchev–Trinajstić information content (AvgIpc) is 2.22. The van der Waals surface area contributed by atoms with Crippen molar-refractivity contribution in [3.63, 3.8) is 0 Å². The molecule has 0 saturated carbocycles. The summed E-state index contributed by atoms with van der Waals surface area (Å²) in [5, 5.41) is 5.54. The van der Waals surface area contributed by atoms with Crippen LogP contribution in [0.1, 0.15) is 13.8 Å². The Morgan fingerprint density at radius 1 is 0.941 bits per heavy atom. The van der Waals surface area contributed by atoms with Gasteiger partial charge in [-0.15, -0.1) is 0 Å². The predicted molar refractivity (Wildman–Crippen MR) is 83.1 cm³/mol. The quantitative estimate of drug-likeness (QED) is 0.550. The zero-order chi connectivity index (χ0) is 13.6. The van der Waals surface area contributed by atoms with Crippen molar-refractivity contribution >= 4 is 75.5 Å². The third-order valence-electron chi connectivity index (χ3n) is 1.88. The highest BCUT2D eigenvalue weighted by molar-refractivity contribution is 9.25. The van der Waals surface area contributed by atoms with Crippen molar-refractivity contribution in [2.45, 2.75) is 21.3 Å². The highest BCUT2D eigenvalue weighted by atomic mass is 79.9. The first-order chi connectivity index (χ1) is 7.65. The van der Waals surface area contributed by atoms with Crippen LogP contribution in [0.4, 0.5) is 0 Å². The Balaban J connectivity index is 4.04. The van der Waals surface area contributed by atoms with E-state index in [0.29, 0.717) is 13.1 Å². The minimum atomic E-state index is -0.394. The molecule has 2 N–H and O–H groups in total. The van der Waals surface area contributed by atoms with Gasteiger partial charge in [0.25, 0.3) is 0 Å². The Kier molecular flexibility index (Phi) is 8.53. The van der Waals surface area contributed by atoms with E-state index in [1.807, 2.05) is 13.8 Å². The molecule has 2 amide bonds. The van der Waals surface area contributed by atoms with E-state index in [0.717, 1.165) is 0 Å². The number of carbonyl (C=O) groups excluding carboxylic acids is 2. The lowest BCUT2D eigenvalue weighted by Crippen LogP contribution is -2.44. The summed E-state index contributed by atoms with van der Waals surface area (Å²) in [6, 6.07) is 0. The fraction of sp³-hybridized carbons (Fsp3) is 0.778. The van der Waals surface area contributed by atoms with Gasteiger partial charge in [-0.05, 0) is 5.41 Å². The van der Waals surface area contributed by atoms with Gasteiger partial charge in [0.05, 0.1) is 0 Å². The van der Waals surface area contributed by atoms with Gasteiger partial charge in [-0.3, -0.25) is 9.59 Å². The molecule has 0 unspecified atom stereocenters. The molecule has 0 aromatic heterocycles. The largest absolute Gasteiger partial charge is 0.354 e. The second kappa shape index (κ2) is 8.12. The Morgan fingerprint density at radius 3 is 1.47 bits per heavy atom. The first-order valence-corrected chi connectivity index (χ1v) is 8.44. The average molecular weight is 502 g/mol. The molecule has 0 aliphatic rings. The number of nitrogens with one attached hydrogen (secondary N) is 2. The molecule has 0 heterocycles. The van der Waals surface area contributed by atoms with Crippen molar-refractivity contribution in [2.24, 2.45) is 5.41 Å². The Hall–Kier alpha value is 0.860. The minimum Gasteiger partial charge on any atom is -0.354 e. The summed E-state index contributed by atoms with van der Waals surface area (Å²) in [4.78, 5) is 22.7. The molecule has 0 spiro atoms. The zero-order valence-electron chi connectivity index (χ0n) is 9.40. The van der Waals surface area contributed by atoms with Crippen LogP contribution in [0, 0.1) is 5.41 Å². The van der Waals surface area contributed by atoms with Crippen molar-refractivity contribution in [3.8, 4) is 0 Å². The maximum Gasteiger partial charge on any atom is 0.244 e. The van der Waals surface area contributed by atoms with E-state index in [1.165, 1.54) is 0 Å². The lowest BCUT2D eigenvalue weighted by Gasteiger charge is -2.25. The van der Waals surface area contributed by atoms with Crippen LogP contribution in [0.5, 0.6) is 0 Å². The third kappa shape index (κ3) is 8.56. The number of alkyl halides is 4. The van der Waals surface area contributed by atoms with Crippen LogP contribution < -0.4 is 10.6 Å². The Bertz CT molecular complexity index is 256. The van der Waals surface area contributed by atoms with Gasteiger partial charge in [0.15, 0.2) is 0 Å². The summed E-state index contributed by atoms with van der Waals surface area (Å²) >= 11 is 12.4. The SMILES string of the molecule is CC(C)(CNC(=O)C(Br)Br)CNC(=O)C(Br)Br. The zero-order valence-corrected chi connectivity index (χ0v) is 15.7. The van der Waals surface area contributed by atoms with Gasteiger partial charge < -0.3 is 10.6 Å². The topological polar surface area (TPSA) is 58.2 Å². The summed E-state index contributed by atoms with van der Waals surface area (Å²) in [5.41, 5.74) is -0.213. The molecule has 0 atom stereocenters. The second-order valence-electron chi connectivity index (χ2n) is 4.20. The van der Waals surface area contributed by atoms with E-state index in [9.17, 15) is 9.59 Å². The molecule has 0 aliphatic heterocycles. The smallest absolute Gasteiger partial charge is 0.244 e. The molecule has 8 heteroatoms. The number of hydrogen-bond donors (Lipinski definition) is 2. The van der Waals surface area contributed by atoms with E-state index in [2.05, 4.69) is 74.4 Å². The first kappa shape index (κ1) is 17.9. The molecule has 0 rings (SSSR count). The van der Waals surface area contributed by atoms with Crippen LogP contribution >= 0.6 is 63.7 Å². The molecule has 0 saturated heterocycles. The summed E-state index contributed by atoms with van der Waals surface area (Å²) in [5.74, 6) is -0.272. The molecule has 4 nitrogen and oxygen atoms in total. The number of carbonyl (C=O) groups is 2. The van der Waals surface area contributed by atoms with Gasteiger partial charge in [0, 0.05) is 13.1 Å². The predicted octanol–water partition coefficient (Wildman–Crippen LogP) is 2.48. The van der Waals surface area contributed by atoms with Crippen molar-refractivity contribution < 1.29 is 9.59 Å². The molecular formula is C9H14Br4N2O2. The second-order valence-corrected chi connectivity index (χ2v) is 10.3. The van der Waals surface area contributed by atoms with Crippen LogP contribution in [0.3, 0.4) is 0 Å². The number of amides is 2. The van der Waals surface area contributed by atoms with Gasteiger partial charge in [-0.1, -0.05) is 77.6 Å². The highest BCUT2D eigenvalue weighted by Gasteiger charge is 2.22. The lowest BCUT2D eigenvalue weighted by atomic mass is 9.93. The maximum atomic E-state index is 11.3. The molecule has 100 valence electrons. The number of halogens is 4. The standard InChI is InChI=1S/C9H14Br4N2O2/c1-9(2,3-14-7(16)5(10)11)4-15-8(17)6(12)13/h5-6H,3-4H2,1-2H3,(H,14,16)(H,15,17). The van der Waals surface area contributed by atoms with Crippen LogP contribution in [0.15, 0.2) is 0 Å². The van der Waals surface area contributed by atoms with E-state index in [1.54, 1.807) is 0 Å². The fourth-order valence-corrected chi connectivity index (χ4v) is 1.52. The normalized spacial score (nSPS) is 11.8. The molecule has 0 aliphatic carbocycles. The first-order valence-electron chi connectivity index (χ1n) is 4.77. The third-order valence-corrected chi connectivity index (χ3v) is 3.54. The van der Waals surface area contributed by atoms with Crippen molar-refractivity contribution in [2.75, 3.05) is 13.1 Å². The fourth-order valence-electron chi connectivity index (χ4n) is 0.870. The van der Waals surface area contributed by atoms with Gasteiger partial charge in [0.1, 0.15) is 7.47 Å². The van der Waals surface area contributed by atoms with Crippen LogP contribution in [0.25, 0.3) is 0 Å². The summed E-state index contributed by atoms with van der Waals surface area (Å²) < 4.78 is -0.787. The Labute approximate surface area is 135 Å². The van der Waals surface area contributed by atoms with Gasteiger partial charge in [-0.25, -0.2) is 0 Å². The van der Waals surface area contributed by atoms with Crippen LogP contribution in [-0.4, -0.2) is 32.4 Å². The number of rotatable bonds is 6. The molecule has 0 bridgehead atoms.